The van der Waals surface area contributed by atoms with Crippen molar-refractivity contribution in [2.75, 3.05) is 6.54 Å². The summed E-state index contributed by atoms with van der Waals surface area (Å²) in [6, 6.07) is 10.8. The number of benzene rings is 2. The molecule has 126 valence electrons. The highest BCUT2D eigenvalue weighted by molar-refractivity contribution is 5.96. The average Bonchev–Trinajstić information content (AvgIpc) is 2.58. The number of nitro groups is 1. The Bertz CT molecular complexity index is 893. The van der Waals surface area contributed by atoms with Crippen LogP contribution < -0.4 is 11.1 Å². The van der Waals surface area contributed by atoms with Crippen LogP contribution in [0.5, 0.6) is 0 Å². The normalized spacial score (nSPS) is 9.64. The van der Waals surface area contributed by atoms with Crippen molar-refractivity contribution in [3.05, 3.63) is 74.8 Å². The molecule has 2 rings (SSSR count). The molecular weight excluding hydrogens is 322 g/mol. The summed E-state index contributed by atoms with van der Waals surface area (Å²) in [6.45, 7) is 1.61. The minimum absolute atomic E-state index is 0.0819. The second-order valence-corrected chi connectivity index (χ2v) is 5.13. The topological polar surface area (TPSA) is 115 Å². The molecule has 7 nitrogen and oxygen atoms in total. The van der Waals surface area contributed by atoms with Crippen molar-refractivity contribution in [2.24, 2.45) is 5.73 Å². The van der Waals surface area contributed by atoms with E-state index >= 15 is 0 Å². The summed E-state index contributed by atoms with van der Waals surface area (Å²) in [5.74, 6) is 4.67. The Morgan fingerprint density at radius 1 is 1.20 bits per heavy atom. The van der Waals surface area contributed by atoms with E-state index in [-0.39, 0.29) is 17.8 Å². The lowest BCUT2D eigenvalue weighted by Gasteiger charge is -2.05. The van der Waals surface area contributed by atoms with Crippen LogP contribution in [0.15, 0.2) is 42.5 Å². The highest BCUT2D eigenvalue weighted by Gasteiger charge is 2.17. The lowest BCUT2D eigenvalue weighted by Crippen LogP contribution is -2.24. The quantitative estimate of drug-likeness (QED) is 0.502. The Hall–Kier alpha value is -3.66. The van der Waals surface area contributed by atoms with Crippen LogP contribution in [0.2, 0.25) is 0 Å². The second kappa shape index (κ2) is 7.75. The van der Waals surface area contributed by atoms with Gasteiger partial charge in [-0.15, -0.1) is 0 Å². The molecule has 0 atom stereocenters. The van der Waals surface area contributed by atoms with Crippen LogP contribution in [-0.4, -0.2) is 23.3 Å². The predicted octanol–water partition coefficient (Wildman–Crippen LogP) is 1.78. The summed E-state index contributed by atoms with van der Waals surface area (Å²) < 4.78 is 0. The minimum atomic E-state index is -0.526. The van der Waals surface area contributed by atoms with Gasteiger partial charge in [-0.1, -0.05) is 17.9 Å². The first-order valence-electron chi connectivity index (χ1n) is 7.31. The maximum Gasteiger partial charge on any atom is 0.273 e. The fourth-order valence-corrected chi connectivity index (χ4v) is 2.15. The van der Waals surface area contributed by atoms with Gasteiger partial charge in [0.25, 0.3) is 11.6 Å². The fraction of sp³-hybridized carbons (Fsp3) is 0.111. The van der Waals surface area contributed by atoms with Crippen LogP contribution in [-0.2, 0) is 0 Å². The van der Waals surface area contributed by atoms with Crippen molar-refractivity contribution in [1.82, 2.24) is 5.32 Å². The van der Waals surface area contributed by atoms with Crippen molar-refractivity contribution in [2.45, 2.75) is 6.92 Å². The molecule has 25 heavy (non-hydrogen) atoms. The van der Waals surface area contributed by atoms with E-state index in [9.17, 15) is 19.7 Å². The standard InChI is InChI=1S/C18H15N3O4/c1-12-15(5-2-6-16(12)21(24)25)18(23)20-11-3-4-13-7-9-14(10-8-13)17(19)22/h2,5-10H,11H2,1H3,(H2,19,22)(H,20,23). The maximum atomic E-state index is 12.1. The summed E-state index contributed by atoms with van der Waals surface area (Å²) in [5, 5.41) is 13.5. The molecule has 0 fully saturated rings. The van der Waals surface area contributed by atoms with E-state index < -0.39 is 16.7 Å². The Morgan fingerprint density at radius 2 is 1.88 bits per heavy atom. The lowest BCUT2D eigenvalue weighted by molar-refractivity contribution is -0.385. The summed E-state index contributed by atoms with van der Waals surface area (Å²) in [5.41, 5.74) is 6.65. The summed E-state index contributed by atoms with van der Waals surface area (Å²) in [4.78, 5) is 33.5. The summed E-state index contributed by atoms with van der Waals surface area (Å²) in [7, 11) is 0. The van der Waals surface area contributed by atoms with Gasteiger partial charge < -0.3 is 11.1 Å². The number of amides is 2. The maximum absolute atomic E-state index is 12.1. The van der Waals surface area contributed by atoms with Gasteiger partial charge in [-0.25, -0.2) is 0 Å². The molecule has 0 aliphatic heterocycles. The van der Waals surface area contributed by atoms with Gasteiger partial charge in [-0.2, -0.15) is 0 Å². The van der Waals surface area contributed by atoms with Crippen LogP contribution in [0, 0.1) is 28.9 Å². The number of nitrogens with two attached hydrogens (primary N) is 1. The molecule has 0 bridgehead atoms. The molecule has 0 unspecified atom stereocenters. The van der Waals surface area contributed by atoms with Crippen LogP contribution >= 0.6 is 0 Å². The number of hydrogen-bond donors (Lipinski definition) is 2. The first-order chi connectivity index (χ1) is 11.9. The first kappa shape index (κ1) is 17.7. The Morgan fingerprint density at radius 3 is 2.48 bits per heavy atom. The number of nitrogens with one attached hydrogen (secondary N) is 1. The number of carbonyl (C=O) groups is 2. The van der Waals surface area contributed by atoms with Crippen molar-refractivity contribution >= 4 is 17.5 Å². The largest absolute Gasteiger partial charge is 0.366 e. The van der Waals surface area contributed by atoms with Crippen LogP contribution in [0.25, 0.3) is 0 Å². The van der Waals surface area contributed by atoms with Crippen molar-refractivity contribution in [3.8, 4) is 11.8 Å². The molecule has 0 radical (unpaired) electrons. The van der Waals surface area contributed by atoms with Gasteiger partial charge in [0.15, 0.2) is 0 Å². The highest BCUT2D eigenvalue weighted by atomic mass is 16.6. The number of primary amides is 1. The zero-order chi connectivity index (χ0) is 18.4. The molecule has 0 heterocycles. The Balaban J connectivity index is 2.01. The van der Waals surface area contributed by atoms with Crippen molar-refractivity contribution in [1.29, 1.82) is 0 Å². The molecule has 0 saturated heterocycles. The lowest BCUT2D eigenvalue weighted by atomic mass is 10.1. The van der Waals surface area contributed by atoms with E-state index in [1.807, 2.05) is 0 Å². The molecule has 0 spiro atoms. The van der Waals surface area contributed by atoms with Crippen molar-refractivity contribution < 1.29 is 14.5 Å². The van der Waals surface area contributed by atoms with E-state index in [1.165, 1.54) is 25.1 Å². The SMILES string of the molecule is Cc1c(C(=O)NCC#Cc2ccc(C(N)=O)cc2)cccc1[N+](=O)[O-]. The monoisotopic (exact) mass is 337 g/mol. The number of nitro benzene ring substituents is 1. The highest BCUT2D eigenvalue weighted by Crippen LogP contribution is 2.20. The van der Waals surface area contributed by atoms with E-state index in [0.717, 1.165) is 0 Å². The first-order valence-corrected chi connectivity index (χ1v) is 7.31. The zero-order valence-electron chi connectivity index (χ0n) is 13.4. The number of carbonyl (C=O) groups excluding carboxylic acids is 2. The molecule has 0 saturated carbocycles. The van der Waals surface area contributed by atoms with E-state index in [1.54, 1.807) is 24.3 Å². The van der Waals surface area contributed by atoms with Gasteiger partial charge >= 0.3 is 0 Å². The third-order valence-corrected chi connectivity index (χ3v) is 3.49. The number of hydrogen-bond acceptors (Lipinski definition) is 4. The molecule has 2 amide bonds. The van der Waals surface area contributed by atoms with E-state index in [2.05, 4.69) is 17.2 Å². The molecule has 0 aliphatic carbocycles. The molecule has 0 aliphatic rings. The van der Waals surface area contributed by atoms with Crippen molar-refractivity contribution in [3.63, 3.8) is 0 Å². The van der Waals surface area contributed by atoms with E-state index in [0.29, 0.717) is 16.7 Å². The molecular formula is C18H15N3O4. The minimum Gasteiger partial charge on any atom is -0.366 e. The average molecular weight is 337 g/mol. The Kier molecular flexibility index (Phi) is 5.48. The van der Waals surface area contributed by atoms with Gasteiger partial charge in [0, 0.05) is 28.3 Å². The smallest absolute Gasteiger partial charge is 0.273 e. The molecule has 0 aromatic heterocycles. The second-order valence-electron chi connectivity index (χ2n) is 5.13. The molecule has 7 heteroatoms. The van der Waals surface area contributed by atoms with Gasteiger partial charge in [0.2, 0.25) is 5.91 Å². The van der Waals surface area contributed by atoms with E-state index in [4.69, 9.17) is 5.73 Å². The molecule has 2 aromatic rings. The van der Waals surface area contributed by atoms with Gasteiger partial charge in [-0.05, 0) is 37.3 Å². The predicted molar refractivity (Wildman–Crippen MR) is 92.0 cm³/mol. The van der Waals surface area contributed by atoms with Gasteiger partial charge in [0.05, 0.1) is 11.5 Å². The number of rotatable bonds is 4. The van der Waals surface area contributed by atoms with Crippen LogP contribution in [0.3, 0.4) is 0 Å². The zero-order valence-corrected chi connectivity index (χ0v) is 13.4. The summed E-state index contributed by atoms with van der Waals surface area (Å²) >= 11 is 0. The van der Waals surface area contributed by atoms with Crippen LogP contribution in [0.4, 0.5) is 5.69 Å². The summed E-state index contributed by atoms with van der Waals surface area (Å²) in [6.07, 6.45) is 0. The fourth-order valence-electron chi connectivity index (χ4n) is 2.15. The number of nitrogens with zero attached hydrogens (tertiary/aromatic N) is 1. The molecule has 2 aromatic carbocycles. The third-order valence-electron chi connectivity index (χ3n) is 3.49. The van der Waals surface area contributed by atoms with Gasteiger partial charge in [0.1, 0.15) is 0 Å². The Labute approximate surface area is 144 Å². The van der Waals surface area contributed by atoms with Crippen LogP contribution in [0.1, 0.15) is 31.8 Å². The molecule has 3 N–H and O–H groups in total. The van der Waals surface area contributed by atoms with Gasteiger partial charge in [-0.3, -0.25) is 19.7 Å². The third kappa shape index (κ3) is 4.42.